The van der Waals surface area contributed by atoms with E-state index in [-0.39, 0.29) is 11.9 Å². The van der Waals surface area contributed by atoms with Crippen LogP contribution in [-0.4, -0.2) is 62.6 Å². The Kier molecular flexibility index (Phi) is 5.07. The lowest BCUT2D eigenvalue weighted by atomic mass is 10.2. The number of pyridine rings is 1. The maximum Gasteiger partial charge on any atom is 0.244 e. The molecule has 1 unspecified atom stereocenters. The Morgan fingerprint density at radius 1 is 1.41 bits per heavy atom. The van der Waals surface area contributed by atoms with Gasteiger partial charge in [0.2, 0.25) is 5.91 Å². The highest BCUT2D eigenvalue weighted by Crippen LogP contribution is 2.29. The van der Waals surface area contributed by atoms with Crippen molar-refractivity contribution in [2.75, 3.05) is 56.3 Å². The van der Waals surface area contributed by atoms with Gasteiger partial charge >= 0.3 is 0 Å². The van der Waals surface area contributed by atoms with Crippen LogP contribution in [0, 0.1) is 0 Å². The lowest BCUT2D eigenvalue weighted by Crippen LogP contribution is -2.43. The molecule has 1 amide bonds. The lowest BCUT2D eigenvalue weighted by Gasteiger charge is -2.28. The molecule has 0 radical (unpaired) electrons. The molecular weight excluding hydrogens is 280 g/mol. The SMILES string of the molecule is CN(C)C(=O)C1CCCN1c1ccc(N)c(N(C)CCN)n1. The number of nitrogens with two attached hydrogens (primary N) is 2. The number of anilines is 3. The molecule has 7 nitrogen and oxygen atoms in total. The van der Waals surface area contributed by atoms with Crippen LogP contribution in [0.1, 0.15) is 12.8 Å². The molecule has 1 aromatic rings. The second-order valence-corrected chi connectivity index (χ2v) is 5.88. The van der Waals surface area contributed by atoms with Crippen LogP contribution in [0.25, 0.3) is 0 Å². The van der Waals surface area contributed by atoms with Crippen molar-refractivity contribution in [3.05, 3.63) is 12.1 Å². The first-order valence-electron chi connectivity index (χ1n) is 7.61. The Balaban J connectivity index is 2.28. The summed E-state index contributed by atoms with van der Waals surface area (Å²) in [6.45, 7) is 2.05. The fourth-order valence-electron chi connectivity index (χ4n) is 2.81. The lowest BCUT2D eigenvalue weighted by molar-refractivity contribution is -0.129. The summed E-state index contributed by atoms with van der Waals surface area (Å²) in [5, 5.41) is 0. The molecule has 1 atom stereocenters. The molecule has 22 heavy (non-hydrogen) atoms. The number of rotatable bonds is 5. The molecule has 0 spiro atoms. The minimum Gasteiger partial charge on any atom is -0.396 e. The van der Waals surface area contributed by atoms with Gasteiger partial charge in [-0.3, -0.25) is 4.79 Å². The number of likely N-dealkylation sites (N-methyl/N-ethyl adjacent to an activating group) is 2. The molecule has 122 valence electrons. The zero-order valence-corrected chi connectivity index (χ0v) is 13.6. The summed E-state index contributed by atoms with van der Waals surface area (Å²) in [4.78, 5) is 22.6. The zero-order valence-electron chi connectivity index (χ0n) is 13.6. The first kappa shape index (κ1) is 16.4. The van der Waals surface area contributed by atoms with Gasteiger partial charge in [0.15, 0.2) is 5.82 Å². The number of carbonyl (C=O) groups excluding carboxylic acids is 1. The molecule has 7 heteroatoms. The van der Waals surface area contributed by atoms with Crippen LogP contribution in [-0.2, 0) is 4.79 Å². The summed E-state index contributed by atoms with van der Waals surface area (Å²) in [7, 11) is 5.49. The molecule has 1 fully saturated rings. The number of nitrogens with zero attached hydrogens (tertiary/aromatic N) is 4. The van der Waals surface area contributed by atoms with E-state index >= 15 is 0 Å². The Morgan fingerprint density at radius 3 is 2.77 bits per heavy atom. The van der Waals surface area contributed by atoms with Gasteiger partial charge in [0.05, 0.1) is 5.69 Å². The van der Waals surface area contributed by atoms with Crippen molar-refractivity contribution in [1.82, 2.24) is 9.88 Å². The number of carbonyl (C=O) groups is 1. The molecule has 1 saturated heterocycles. The first-order valence-corrected chi connectivity index (χ1v) is 7.61. The fourth-order valence-corrected chi connectivity index (χ4v) is 2.81. The molecule has 0 bridgehead atoms. The summed E-state index contributed by atoms with van der Waals surface area (Å²) in [6.07, 6.45) is 1.85. The Bertz CT molecular complexity index is 533. The van der Waals surface area contributed by atoms with Crippen LogP contribution in [0.5, 0.6) is 0 Å². The quantitative estimate of drug-likeness (QED) is 0.802. The molecule has 0 aliphatic carbocycles. The van der Waals surface area contributed by atoms with Gasteiger partial charge < -0.3 is 26.2 Å². The van der Waals surface area contributed by atoms with E-state index in [1.807, 2.05) is 24.1 Å². The van der Waals surface area contributed by atoms with Gasteiger partial charge in [-0.2, -0.15) is 0 Å². The van der Waals surface area contributed by atoms with E-state index in [0.29, 0.717) is 24.6 Å². The molecule has 4 N–H and O–H groups in total. The average molecular weight is 306 g/mol. The van der Waals surface area contributed by atoms with Crippen molar-refractivity contribution in [2.24, 2.45) is 5.73 Å². The van der Waals surface area contributed by atoms with Crippen molar-refractivity contribution in [1.29, 1.82) is 0 Å². The van der Waals surface area contributed by atoms with Crippen molar-refractivity contribution in [3.8, 4) is 0 Å². The van der Waals surface area contributed by atoms with E-state index in [0.717, 1.165) is 25.2 Å². The van der Waals surface area contributed by atoms with Gasteiger partial charge in [0.1, 0.15) is 11.9 Å². The number of hydrogen-bond donors (Lipinski definition) is 2. The third-order valence-corrected chi connectivity index (χ3v) is 3.99. The van der Waals surface area contributed by atoms with Gasteiger partial charge in [-0.05, 0) is 25.0 Å². The predicted octanol–water partition coefficient (Wildman–Crippen LogP) is 0.116. The van der Waals surface area contributed by atoms with Gasteiger partial charge in [0, 0.05) is 40.8 Å². The van der Waals surface area contributed by atoms with E-state index in [4.69, 9.17) is 11.5 Å². The Hall–Kier alpha value is -2.02. The van der Waals surface area contributed by atoms with Crippen LogP contribution in [0.3, 0.4) is 0 Å². The summed E-state index contributed by atoms with van der Waals surface area (Å²) < 4.78 is 0. The maximum absolute atomic E-state index is 12.3. The molecule has 1 aromatic heterocycles. The van der Waals surface area contributed by atoms with Gasteiger partial charge in [0.25, 0.3) is 0 Å². The normalized spacial score (nSPS) is 17.6. The molecule has 1 aliphatic rings. The fraction of sp³-hybridized carbons (Fsp3) is 0.600. The second-order valence-electron chi connectivity index (χ2n) is 5.88. The first-order chi connectivity index (χ1) is 10.5. The van der Waals surface area contributed by atoms with Crippen molar-refractivity contribution in [3.63, 3.8) is 0 Å². The summed E-state index contributed by atoms with van der Waals surface area (Å²) >= 11 is 0. The molecule has 1 aliphatic heterocycles. The van der Waals surface area contributed by atoms with Gasteiger partial charge in [-0.15, -0.1) is 0 Å². The predicted molar refractivity (Wildman–Crippen MR) is 90.0 cm³/mol. The third-order valence-electron chi connectivity index (χ3n) is 3.99. The molecule has 0 aromatic carbocycles. The van der Waals surface area contributed by atoms with Gasteiger partial charge in [-0.25, -0.2) is 4.98 Å². The highest BCUT2D eigenvalue weighted by atomic mass is 16.2. The summed E-state index contributed by atoms with van der Waals surface area (Å²) in [5.41, 5.74) is 12.2. The van der Waals surface area contributed by atoms with E-state index in [9.17, 15) is 4.79 Å². The standard InChI is InChI=1S/C15H26N6O/c1-19(2)15(22)12-5-4-9-21(12)13-7-6-11(17)14(18-13)20(3)10-8-16/h6-7,12H,4-5,8-10,16-17H2,1-3H3. The highest BCUT2D eigenvalue weighted by Gasteiger charge is 2.32. The van der Waals surface area contributed by atoms with Crippen LogP contribution in [0.15, 0.2) is 12.1 Å². The smallest absolute Gasteiger partial charge is 0.244 e. The molecule has 0 saturated carbocycles. The van der Waals surface area contributed by atoms with Crippen molar-refractivity contribution < 1.29 is 4.79 Å². The number of amides is 1. The number of hydrogen-bond acceptors (Lipinski definition) is 6. The monoisotopic (exact) mass is 306 g/mol. The van der Waals surface area contributed by atoms with Crippen molar-refractivity contribution in [2.45, 2.75) is 18.9 Å². The van der Waals surface area contributed by atoms with Crippen LogP contribution < -0.4 is 21.3 Å². The van der Waals surface area contributed by atoms with E-state index in [1.165, 1.54) is 0 Å². The number of aromatic nitrogens is 1. The largest absolute Gasteiger partial charge is 0.396 e. The molecule has 2 heterocycles. The maximum atomic E-state index is 12.3. The van der Waals surface area contributed by atoms with E-state index in [1.54, 1.807) is 19.0 Å². The van der Waals surface area contributed by atoms with Gasteiger partial charge in [-0.1, -0.05) is 0 Å². The summed E-state index contributed by atoms with van der Waals surface area (Å²) in [6, 6.07) is 3.59. The van der Waals surface area contributed by atoms with Crippen LogP contribution >= 0.6 is 0 Å². The third kappa shape index (κ3) is 3.24. The minimum absolute atomic E-state index is 0.119. The van der Waals surface area contributed by atoms with E-state index < -0.39 is 0 Å². The zero-order chi connectivity index (χ0) is 16.3. The Morgan fingerprint density at radius 2 is 2.14 bits per heavy atom. The Labute approximate surface area is 131 Å². The number of nitrogen functional groups attached to an aromatic ring is 1. The summed E-state index contributed by atoms with van der Waals surface area (Å²) in [5.74, 6) is 1.63. The average Bonchev–Trinajstić information content (AvgIpc) is 2.96. The van der Waals surface area contributed by atoms with Crippen molar-refractivity contribution >= 4 is 23.2 Å². The highest BCUT2D eigenvalue weighted by molar-refractivity contribution is 5.85. The molecule has 2 rings (SSSR count). The van der Waals surface area contributed by atoms with Crippen LogP contribution in [0.2, 0.25) is 0 Å². The van der Waals surface area contributed by atoms with E-state index in [2.05, 4.69) is 9.88 Å². The second kappa shape index (κ2) is 6.83. The molecular formula is C15H26N6O. The van der Waals surface area contributed by atoms with Crippen LogP contribution in [0.4, 0.5) is 17.3 Å². The minimum atomic E-state index is -0.140. The topological polar surface area (TPSA) is 91.7 Å².